The Morgan fingerprint density at radius 1 is 1.45 bits per heavy atom. The monoisotopic (exact) mass is 319 g/mol. The van der Waals surface area contributed by atoms with Crippen LogP contribution in [0.1, 0.15) is 37.3 Å². The van der Waals surface area contributed by atoms with Crippen LogP contribution < -0.4 is 10.2 Å². The Morgan fingerprint density at radius 2 is 2.27 bits per heavy atom. The highest BCUT2D eigenvalue weighted by molar-refractivity contribution is 7.07. The van der Waals surface area contributed by atoms with Crippen LogP contribution >= 0.6 is 11.3 Å². The minimum atomic E-state index is 0.0486. The molecule has 0 bridgehead atoms. The first-order chi connectivity index (χ1) is 10.7. The minimum absolute atomic E-state index is 0.0486. The SMILES string of the molecule is C[NH+](CC(=O)Nc1ccnn1C1CCCC1)Cc1ccsc1. The number of rotatable bonds is 6. The maximum atomic E-state index is 12.2. The van der Waals surface area contributed by atoms with Gasteiger partial charge in [-0.2, -0.15) is 16.4 Å². The Labute approximate surface area is 134 Å². The van der Waals surface area contributed by atoms with Crippen molar-refractivity contribution < 1.29 is 9.69 Å². The molecule has 3 rings (SSSR count). The zero-order valence-electron chi connectivity index (χ0n) is 12.9. The summed E-state index contributed by atoms with van der Waals surface area (Å²) in [6.45, 7) is 1.34. The number of likely N-dealkylation sites (N-methyl/N-ethyl adjacent to an activating group) is 1. The quantitative estimate of drug-likeness (QED) is 0.852. The number of quaternary nitrogens is 1. The number of anilines is 1. The van der Waals surface area contributed by atoms with Crippen molar-refractivity contribution in [3.05, 3.63) is 34.7 Å². The van der Waals surface area contributed by atoms with E-state index in [1.807, 2.05) is 17.8 Å². The van der Waals surface area contributed by atoms with E-state index in [9.17, 15) is 4.79 Å². The number of carbonyl (C=O) groups is 1. The van der Waals surface area contributed by atoms with Crippen molar-refractivity contribution in [2.45, 2.75) is 38.3 Å². The lowest BCUT2D eigenvalue weighted by Gasteiger charge is -2.16. The van der Waals surface area contributed by atoms with Gasteiger partial charge in [-0.15, -0.1) is 0 Å². The van der Waals surface area contributed by atoms with Crippen molar-refractivity contribution in [2.24, 2.45) is 0 Å². The standard InChI is InChI=1S/C16H22N4OS/c1-19(10-13-7-9-22-12-13)11-16(21)18-15-6-8-17-20(15)14-4-2-3-5-14/h6-9,12,14H,2-5,10-11H2,1H3,(H,18,21)/p+1. The Bertz CT molecular complexity index is 601. The number of carbonyl (C=O) groups excluding carboxylic acids is 1. The number of aromatic nitrogens is 2. The maximum absolute atomic E-state index is 12.2. The second-order valence-corrected chi connectivity index (χ2v) is 6.87. The van der Waals surface area contributed by atoms with Crippen LogP contribution in [-0.4, -0.2) is 29.3 Å². The first-order valence-corrected chi connectivity index (χ1v) is 8.82. The molecule has 5 nitrogen and oxygen atoms in total. The predicted molar refractivity (Wildman–Crippen MR) is 88.1 cm³/mol. The van der Waals surface area contributed by atoms with E-state index in [1.165, 1.54) is 23.3 Å². The topological polar surface area (TPSA) is 51.4 Å². The highest BCUT2D eigenvalue weighted by atomic mass is 32.1. The van der Waals surface area contributed by atoms with Gasteiger partial charge in [0.1, 0.15) is 12.4 Å². The van der Waals surface area contributed by atoms with Crippen molar-refractivity contribution >= 4 is 23.1 Å². The number of thiophene rings is 1. The molecule has 6 heteroatoms. The molecule has 1 aliphatic carbocycles. The molecule has 118 valence electrons. The first kappa shape index (κ1) is 15.2. The molecule has 0 radical (unpaired) electrons. The van der Waals surface area contributed by atoms with Crippen LogP contribution in [0.4, 0.5) is 5.82 Å². The Kier molecular flexibility index (Phi) is 4.90. The van der Waals surface area contributed by atoms with Gasteiger partial charge in [-0.25, -0.2) is 4.68 Å². The van der Waals surface area contributed by atoms with Crippen LogP contribution in [0.3, 0.4) is 0 Å². The van der Waals surface area contributed by atoms with Crippen LogP contribution in [0.2, 0.25) is 0 Å². The van der Waals surface area contributed by atoms with Crippen molar-refractivity contribution in [1.82, 2.24) is 9.78 Å². The van der Waals surface area contributed by atoms with Crippen LogP contribution in [0.25, 0.3) is 0 Å². The second kappa shape index (κ2) is 7.07. The fourth-order valence-corrected chi connectivity index (χ4v) is 3.79. The summed E-state index contributed by atoms with van der Waals surface area (Å²) in [5, 5.41) is 11.6. The van der Waals surface area contributed by atoms with Crippen LogP contribution in [0.5, 0.6) is 0 Å². The largest absolute Gasteiger partial charge is 0.326 e. The van der Waals surface area contributed by atoms with Crippen molar-refractivity contribution in [3.63, 3.8) is 0 Å². The molecule has 1 saturated carbocycles. The van der Waals surface area contributed by atoms with E-state index in [0.717, 1.165) is 25.2 Å². The van der Waals surface area contributed by atoms with Crippen LogP contribution in [0.15, 0.2) is 29.1 Å². The second-order valence-electron chi connectivity index (χ2n) is 6.09. The lowest BCUT2D eigenvalue weighted by Crippen LogP contribution is -3.08. The summed E-state index contributed by atoms with van der Waals surface area (Å²) < 4.78 is 1.99. The van der Waals surface area contributed by atoms with E-state index in [-0.39, 0.29) is 5.91 Å². The van der Waals surface area contributed by atoms with Gasteiger partial charge in [0.25, 0.3) is 5.91 Å². The molecule has 1 aliphatic rings. The molecule has 1 atom stereocenters. The van der Waals surface area contributed by atoms with Gasteiger partial charge in [-0.3, -0.25) is 4.79 Å². The highest BCUT2D eigenvalue weighted by Gasteiger charge is 2.21. The fraction of sp³-hybridized carbons (Fsp3) is 0.500. The maximum Gasteiger partial charge on any atom is 0.280 e. The summed E-state index contributed by atoms with van der Waals surface area (Å²) in [7, 11) is 2.05. The molecular weight excluding hydrogens is 296 g/mol. The van der Waals surface area contributed by atoms with E-state index in [0.29, 0.717) is 12.6 Å². The molecule has 0 aromatic carbocycles. The number of nitrogens with zero attached hydrogens (tertiary/aromatic N) is 2. The van der Waals surface area contributed by atoms with Crippen molar-refractivity contribution in [3.8, 4) is 0 Å². The molecule has 1 unspecified atom stereocenters. The number of hydrogen-bond donors (Lipinski definition) is 2. The van der Waals surface area contributed by atoms with Gasteiger partial charge < -0.3 is 10.2 Å². The fourth-order valence-electron chi connectivity index (χ4n) is 3.12. The van der Waals surface area contributed by atoms with E-state index in [1.54, 1.807) is 17.5 Å². The summed E-state index contributed by atoms with van der Waals surface area (Å²) in [5.41, 5.74) is 1.28. The third-order valence-corrected chi connectivity index (χ3v) is 4.89. The average molecular weight is 319 g/mol. The molecule has 2 heterocycles. The normalized spacial score (nSPS) is 16.8. The lowest BCUT2D eigenvalue weighted by atomic mass is 10.2. The number of amides is 1. The molecular formula is C16H23N4OS+. The number of nitrogens with one attached hydrogen (secondary N) is 2. The Balaban J connectivity index is 1.54. The molecule has 0 saturated heterocycles. The molecule has 1 fully saturated rings. The minimum Gasteiger partial charge on any atom is -0.326 e. The summed E-state index contributed by atoms with van der Waals surface area (Å²) in [5.74, 6) is 0.882. The average Bonchev–Trinajstić information content (AvgIpc) is 3.19. The van der Waals surface area contributed by atoms with Crippen molar-refractivity contribution in [1.29, 1.82) is 0 Å². The molecule has 2 aromatic rings. The van der Waals surface area contributed by atoms with Gasteiger partial charge in [-0.05, 0) is 29.7 Å². The van der Waals surface area contributed by atoms with Gasteiger partial charge in [0.2, 0.25) is 0 Å². The van der Waals surface area contributed by atoms with Gasteiger partial charge in [0.15, 0.2) is 6.54 Å². The molecule has 22 heavy (non-hydrogen) atoms. The molecule has 0 aliphatic heterocycles. The molecule has 1 amide bonds. The molecule has 2 aromatic heterocycles. The Hall–Kier alpha value is -1.66. The Morgan fingerprint density at radius 3 is 3.00 bits per heavy atom. The zero-order chi connectivity index (χ0) is 15.4. The summed E-state index contributed by atoms with van der Waals surface area (Å²) in [6, 6.07) is 4.45. The summed E-state index contributed by atoms with van der Waals surface area (Å²) >= 11 is 1.69. The van der Waals surface area contributed by atoms with Crippen LogP contribution in [-0.2, 0) is 11.3 Å². The molecule has 0 spiro atoms. The zero-order valence-corrected chi connectivity index (χ0v) is 13.7. The third kappa shape index (κ3) is 3.75. The van der Waals surface area contributed by atoms with Gasteiger partial charge in [0.05, 0.1) is 19.3 Å². The lowest BCUT2D eigenvalue weighted by molar-refractivity contribution is -0.885. The summed E-state index contributed by atoms with van der Waals surface area (Å²) in [4.78, 5) is 13.4. The van der Waals surface area contributed by atoms with Gasteiger partial charge in [0, 0.05) is 11.6 Å². The smallest absolute Gasteiger partial charge is 0.280 e. The summed E-state index contributed by atoms with van der Waals surface area (Å²) in [6.07, 6.45) is 6.61. The van der Waals surface area contributed by atoms with E-state index in [4.69, 9.17) is 0 Å². The van der Waals surface area contributed by atoms with Crippen molar-refractivity contribution in [2.75, 3.05) is 18.9 Å². The first-order valence-electron chi connectivity index (χ1n) is 7.88. The van der Waals surface area contributed by atoms with E-state index < -0.39 is 0 Å². The predicted octanol–water partition coefficient (Wildman–Crippen LogP) is 1.71. The van der Waals surface area contributed by atoms with Gasteiger partial charge >= 0.3 is 0 Å². The van der Waals surface area contributed by atoms with Gasteiger partial charge in [-0.1, -0.05) is 12.8 Å². The highest BCUT2D eigenvalue weighted by Crippen LogP contribution is 2.31. The van der Waals surface area contributed by atoms with E-state index >= 15 is 0 Å². The van der Waals surface area contributed by atoms with Crippen LogP contribution in [0, 0.1) is 0 Å². The molecule has 2 N–H and O–H groups in total. The van der Waals surface area contributed by atoms with E-state index in [2.05, 4.69) is 27.2 Å². The third-order valence-electron chi connectivity index (χ3n) is 4.16. The number of hydrogen-bond acceptors (Lipinski definition) is 3.